The minimum absolute atomic E-state index is 0.0305. The minimum atomic E-state index is -0.0305. The van der Waals surface area contributed by atoms with Crippen LogP contribution < -0.4 is 10.2 Å². The SMILES string of the molecule is C[C@@H]1CCc2c(C(=O)Nc3ccc(N4CCCC4=O)cc3)csc2C1. The number of hydrogen-bond donors (Lipinski definition) is 1. The van der Waals surface area contributed by atoms with Gasteiger partial charge in [-0.1, -0.05) is 6.92 Å². The second-order valence-corrected chi connectivity index (χ2v) is 8.01. The molecule has 2 amide bonds. The first-order chi connectivity index (χ1) is 12.1. The van der Waals surface area contributed by atoms with Gasteiger partial charge >= 0.3 is 0 Å². The number of nitrogens with zero attached hydrogens (tertiary/aromatic N) is 1. The van der Waals surface area contributed by atoms with Crippen LogP contribution >= 0.6 is 11.3 Å². The Balaban J connectivity index is 1.47. The number of amides is 2. The second-order valence-electron chi connectivity index (χ2n) is 7.05. The summed E-state index contributed by atoms with van der Waals surface area (Å²) in [5.41, 5.74) is 3.73. The normalized spacial score (nSPS) is 19.8. The molecule has 1 N–H and O–H groups in total. The topological polar surface area (TPSA) is 49.4 Å². The Morgan fingerprint density at radius 1 is 1.24 bits per heavy atom. The molecule has 5 heteroatoms. The van der Waals surface area contributed by atoms with Gasteiger partial charge in [0.05, 0.1) is 5.56 Å². The van der Waals surface area contributed by atoms with Crippen molar-refractivity contribution in [1.82, 2.24) is 0 Å². The molecule has 1 fully saturated rings. The molecule has 4 rings (SSSR count). The molecule has 1 aromatic carbocycles. The second kappa shape index (κ2) is 6.64. The van der Waals surface area contributed by atoms with Crippen LogP contribution in [-0.4, -0.2) is 18.4 Å². The predicted octanol–water partition coefficient (Wildman–Crippen LogP) is 4.25. The Labute approximate surface area is 151 Å². The van der Waals surface area contributed by atoms with Crippen LogP contribution in [0.4, 0.5) is 11.4 Å². The first-order valence-electron chi connectivity index (χ1n) is 8.93. The van der Waals surface area contributed by atoms with Gasteiger partial charge < -0.3 is 10.2 Å². The van der Waals surface area contributed by atoms with Gasteiger partial charge in [0.15, 0.2) is 0 Å². The molecule has 2 heterocycles. The van der Waals surface area contributed by atoms with Gasteiger partial charge in [0.2, 0.25) is 5.91 Å². The fraction of sp³-hybridized carbons (Fsp3) is 0.400. The quantitative estimate of drug-likeness (QED) is 0.896. The third-order valence-corrected chi connectivity index (χ3v) is 6.21. The van der Waals surface area contributed by atoms with Gasteiger partial charge in [-0.2, -0.15) is 0 Å². The molecule has 0 unspecified atom stereocenters. The third-order valence-electron chi connectivity index (χ3n) is 5.16. The summed E-state index contributed by atoms with van der Waals surface area (Å²) in [6.07, 6.45) is 4.78. The molecule has 1 aliphatic carbocycles. The Morgan fingerprint density at radius 2 is 2.04 bits per heavy atom. The zero-order valence-corrected chi connectivity index (χ0v) is 15.2. The van der Waals surface area contributed by atoms with Gasteiger partial charge in [0.1, 0.15) is 0 Å². The number of benzene rings is 1. The Hall–Kier alpha value is -2.14. The number of nitrogens with one attached hydrogen (secondary N) is 1. The van der Waals surface area contributed by atoms with Crippen LogP contribution in [0.3, 0.4) is 0 Å². The highest BCUT2D eigenvalue weighted by atomic mass is 32.1. The van der Waals surface area contributed by atoms with Gasteiger partial charge in [-0.25, -0.2) is 0 Å². The molecule has 0 spiro atoms. The van der Waals surface area contributed by atoms with Gasteiger partial charge in [-0.3, -0.25) is 9.59 Å². The lowest BCUT2D eigenvalue weighted by Crippen LogP contribution is -2.23. The zero-order chi connectivity index (χ0) is 17.4. The van der Waals surface area contributed by atoms with Gasteiger partial charge in [-0.15, -0.1) is 11.3 Å². The van der Waals surface area contributed by atoms with Crippen molar-refractivity contribution in [1.29, 1.82) is 0 Å². The maximum atomic E-state index is 12.7. The molecular formula is C20H22N2O2S. The van der Waals surface area contributed by atoms with Crippen molar-refractivity contribution >= 4 is 34.5 Å². The van der Waals surface area contributed by atoms with Crippen LogP contribution in [0.2, 0.25) is 0 Å². The fourth-order valence-electron chi connectivity index (χ4n) is 3.71. The first-order valence-corrected chi connectivity index (χ1v) is 9.81. The first kappa shape index (κ1) is 16.3. The molecule has 25 heavy (non-hydrogen) atoms. The minimum Gasteiger partial charge on any atom is -0.322 e. The molecule has 1 aromatic heterocycles. The summed E-state index contributed by atoms with van der Waals surface area (Å²) < 4.78 is 0. The van der Waals surface area contributed by atoms with Crippen molar-refractivity contribution in [2.45, 2.75) is 39.0 Å². The number of carbonyl (C=O) groups excluding carboxylic acids is 2. The Morgan fingerprint density at radius 3 is 2.76 bits per heavy atom. The average molecular weight is 354 g/mol. The van der Waals surface area contributed by atoms with E-state index in [1.54, 1.807) is 11.3 Å². The van der Waals surface area contributed by atoms with Crippen molar-refractivity contribution in [3.05, 3.63) is 45.6 Å². The largest absolute Gasteiger partial charge is 0.322 e. The van der Waals surface area contributed by atoms with Crippen LogP contribution in [0.15, 0.2) is 29.6 Å². The predicted molar refractivity (Wildman–Crippen MR) is 101 cm³/mol. The summed E-state index contributed by atoms with van der Waals surface area (Å²) >= 11 is 1.71. The van der Waals surface area contributed by atoms with Crippen LogP contribution in [-0.2, 0) is 17.6 Å². The Kier molecular flexibility index (Phi) is 4.34. The smallest absolute Gasteiger partial charge is 0.256 e. The van der Waals surface area contributed by atoms with E-state index in [1.165, 1.54) is 10.4 Å². The molecule has 0 radical (unpaired) electrons. The summed E-state index contributed by atoms with van der Waals surface area (Å²) in [7, 11) is 0. The lowest BCUT2D eigenvalue weighted by atomic mass is 9.88. The van der Waals surface area contributed by atoms with Crippen molar-refractivity contribution in [2.75, 3.05) is 16.8 Å². The maximum Gasteiger partial charge on any atom is 0.256 e. The number of carbonyl (C=O) groups is 2. The van der Waals surface area contributed by atoms with Crippen LogP contribution in [0.5, 0.6) is 0 Å². The molecule has 1 saturated heterocycles. The Bertz CT molecular complexity index is 810. The van der Waals surface area contributed by atoms with E-state index in [-0.39, 0.29) is 11.8 Å². The van der Waals surface area contributed by atoms with E-state index in [0.29, 0.717) is 12.3 Å². The molecule has 4 nitrogen and oxygen atoms in total. The third kappa shape index (κ3) is 3.21. The molecule has 1 aliphatic heterocycles. The van der Waals surface area contributed by atoms with Gasteiger partial charge in [-0.05, 0) is 61.4 Å². The maximum absolute atomic E-state index is 12.7. The number of fused-ring (bicyclic) bond motifs is 1. The van der Waals surface area contributed by atoms with E-state index in [2.05, 4.69) is 12.2 Å². The number of hydrogen-bond acceptors (Lipinski definition) is 3. The molecule has 2 aromatic rings. The summed E-state index contributed by atoms with van der Waals surface area (Å²) in [4.78, 5) is 27.6. The molecule has 2 aliphatic rings. The summed E-state index contributed by atoms with van der Waals surface area (Å²) in [5, 5.41) is 4.99. The molecule has 0 saturated carbocycles. The van der Waals surface area contributed by atoms with E-state index in [1.807, 2.05) is 34.5 Å². The molecule has 130 valence electrons. The lowest BCUT2D eigenvalue weighted by Gasteiger charge is -2.19. The van der Waals surface area contributed by atoms with Crippen molar-refractivity contribution < 1.29 is 9.59 Å². The summed E-state index contributed by atoms with van der Waals surface area (Å²) in [6.45, 7) is 3.05. The monoisotopic (exact) mass is 354 g/mol. The van der Waals surface area contributed by atoms with Crippen molar-refractivity contribution in [3.63, 3.8) is 0 Å². The van der Waals surface area contributed by atoms with Gasteiger partial charge in [0.25, 0.3) is 5.91 Å². The summed E-state index contributed by atoms with van der Waals surface area (Å²) in [6, 6.07) is 7.56. The van der Waals surface area contributed by atoms with Crippen molar-refractivity contribution in [2.24, 2.45) is 5.92 Å². The van der Waals surface area contributed by atoms with Crippen LogP contribution in [0, 0.1) is 5.92 Å². The van der Waals surface area contributed by atoms with Crippen molar-refractivity contribution in [3.8, 4) is 0 Å². The van der Waals surface area contributed by atoms with E-state index in [0.717, 1.165) is 49.2 Å². The van der Waals surface area contributed by atoms with E-state index >= 15 is 0 Å². The molecule has 1 atom stereocenters. The highest BCUT2D eigenvalue weighted by Gasteiger charge is 2.24. The lowest BCUT2D eigenvalue weighted by molar-refractivity contribution is -0.117. The summed E-state index contributed by atoms with van der Waals surface area (Å²) in [5.74, 6) is 0.857. The highest BCUT2D eigenvalue weighted by molar-refractivity contribution is 7.10. The van der Waals surface area contributed by atoms with E-state index in [4.69, 9.17) is 0 Å². The van der Waals surface area contributed by atoms with Crippen LogP contribution in [0.1, 0.15) is 47.0 Å². The standard InChI is InChI=1S/C20H22N2O2S/c1-13-4-9-16-17(12-25-18(16)11-13)20(24)21-14-5-7-15(8-6-14)22-10-2-3-19(22)23/h5-8,12-13H,2-4,9-11H2,1H3,(H,21,24)/t13-/m1/s1. The van der Waals surface area contributed by atoms with Crippen LogP contribution in [0.25, 0.3) is 0 Å². The molecular weight excluding hydrogens is 332 g/mol. The fourth-order valence-corrected chi connectivity index (χ4v) is 4.96. The van der Waals surface area contributed by atoms with E-state index < -0.39 is 0 Å². The number of anilines is 2. The number of thiophene rings is 1. The highest BCUT2D eigenvalue weighted by Crippen LogP contribution is 2.33. The zero-order valence-electron chi connectivity index (χ0n) is 14.4. The average Bonchev–Trinajstić information content (AvgIpc) is 3.21. The van der Waals surface area contributed by atoms with Gasteiger partial charge in [0, 0.05) is 34.6 Å². The van der Waals surface area contributed by atoms with E-state index in [9.17, 15) is 9.59 Å². The number of rotatable bonds is 3. The molecule has 0 bridgehead atoms.